The second-order valence-electron chi connectivity index (χ2n) is 4.81. The molecule has 2 aromatic rings. The number of benzene rings is 2. The molecule has 21 heavy (non-hydrogen) atoms. The maximum atomic E-state index is 11.0. The molecule has 1 unspecified atom stereocenters. The maximum Gasteiger partial charge on any atom is 0.335 e. The fourth-order valence-electron chi connectivity index (χ4n) is 2.23. The summed E-state index contributed by atoms with van der Waals surface area (Å²) in [4.78, 5) is 16.4. The standard InChI is InChI=1S/C16H14N2O3/c1-10-5-2-3-8-13(10)15-17-14(18-21-15)11-6-4-7-12(9-11)16(19)20/h2-9,15H,1H3,(H,17,18)(H,19,20). The van der Waals surface area contributed by atoms with Crippen LogP contribution in [0.25, 0.3) is 0 Å². The Bertz CT molecular complexity index is 725. The summed E-state index contributed by atoms with van der Waals surface area (Å²) < 4.78 is 0. The molecular weight excluding hydrogens is 268 g/mol. The van der Waals surface area contributed by atoms with Crippen LogP contribution < -0.4 is 5.32 Å². The van der Waals surface area contributed by atoms with Crippen molar-refractivity contribution in [3.8, 4) is 0 Å². The van der Waals surface area contributed by atoms with Crippen LogP contribution in [0.5, 0.6) is 0 Å². The van der Waals surface area contributed by atoms with Gasteiger partial charge < -0.3 is 15.3 Å². The van der Waals surface area contributed by atoms with Gasteiger partial charge in [0.1, 0.15) is 0 Å². The second kappa shape index (κ2) is 5.28. The van der Waals surface area contributed by atoms with Gasteiger partial charge in [0.05, 0.1) is 5.56 Å². The van der Waals surface area contributed by atoms with Crippen LogP contribution in [-0.4, -0.2) is 16.9 Å². The number of aryl methyl sites for hydroxylation is 1. The summed E-state index contributed by atoms with van der Waals surface area (Å²) in [6.45, 7) is 2.00. The van der Waals surface area contributed by atoms with Crippen LogP contribution in [0.1, 0.15) is 33.3 Å². The lowest BCUT2D eigenvalue weighted by atomic mass is 10.1. The molecule has 106 valence electrons. The molecule has 0 spiro atoms. The van der Waals surface area contributed by atoms with Gasteiger partial charge in [-0.1, -0.05) is 41.6 Å². The van der Waals surface area contributed by atoms with Crippen molar-refractivity contribution in [3.05, 3.63) is 70.8 Å². The van der Waals surface area contributed by atoms with E-state index in [4.69, 9.17) is 9.94 Å². The van der Waals surface area contributed by atoms with Crippen LogP contribution in [0, 0.1) is 6.92 Å². The molecule has 0 aliphatic carbocycles. The molecule has 2 aromatic carbocycles. The third kappa shape index (κ3) is 2.58. The Morgan fingerprint density at radius 2 is 2.05 bits per heavy atom. The van der Waals surface area contributed by atoms with Crippen LogP contribution in [0.4, 0.5) is 0 Å². The molecule has 0 saturated heterocycles. The van der Waals surface area contributed by atoms with Gasteiger partial charge in [-0.2, -0.15) is 0 Å². The number of carboxylic acid groups (broad SMARTS) is 1. The van der Waals surface area contributed by atoms with E-state index < -0.39 is 5.97 Å². The summed E-state index contributed by atoms with van der Waals surface area (Å²) in [7, 11) is 0. The highest BCUT2D eigenvalue weighted by Crippen LogP contribution is 2.23. The molecule has 1 atom stereocenters. The molecule has 1 heterocycles. The lowest BCUT2D eigenvalue weighted by Crippen LogP contribution is -2.24. The Hall–Kier alpha value is -2.82. The SMILES string of the molecule is Cc1ccccc1C1NC(c2cccc(C(=O)O)c2)=NO1. The highest BCUT2D eigenvalue weighted by molar-refractivity contribution is 6.01. The van der Waals surface area contributed by atoms with Crippen LogP contribution in [0.15, 0.2) is 53.7 Å². The number of rotatable bonds is 3. The van der Waals surface area contributed by atoms with Gasteiger partial charge in [0.25, 0.3) is 0 Å². The van der Waals surface area contributed by atoms with E-state index in [0.29, 0.717) is 11.4 Å². The van der Waals surface area contributed by atoms with Crippen LogP contribution >= 0.6 is 0 Å². The minimum absolute atomic E-state index is 0.219. The number of carbonyl (C=O) groups is 1. The van der Waals surface area contributed by atoms with Crippen molar-refractivity contribution in [3.63, 3.8) is 0 Å². The molecule has 5 nitrogen and oxygen atoms in total. The average molecular weight is 282 g/mol. The molecule has 0 amide bonds. The fourth-order valence-corrected chi connectivity index (χ4v) is 2.23. The van der Waals surface area contributed by atoms with Gasteiger partial charge in [0.2, 0.25) is 6.23 Å². The van der Waals surface area contributed by atoms with Crippen molar-refractivity contribution in [2.75, 3.05) is 0 Å². The van der Waals surface area contributed by atoms with Crippen molar-refractivity contribution >= 4 is 11.8 Å². The summed E-state index contributed by atoms with van der Waals surface area (Å²) in [6, 6.07) is 14.5. The molecule has 0 fully saturated rings. The van der Waals surface area contributed by atoms with Crippen molar-refractivity contribution in [1.29, 1.82) is 0 Å². The number of aromatic carboxylic acids is 1. The Balaban J connectivity index is 1.83. The number of carboxylic acids is 1. The van der Waals surface area contributed by atoms with Crippen molar-refractivity contribution in [1.82, 2.24) is 5.32 Å². The van der Waals surface area contributed by atoms with Gasteiger partial charge in [0.15, 0.2) is 5.84 Å². The predicted octanol–water partition coefficient (Wildman–Crippen LogP) is 2.67. The van der Waals surface area contributed by atoms with E-state index in [1.807, 2.05) is 31.2 Å². The summed E-state index contributed by atoms with van der Waals surface area (Å²) in [5, 5.41) is 16.2. The highest BCUT2D eigenvalue weighted by atomic mass is 16.7. The topological polar surface area (TPSA) is 70.9 Å². The van der Waals surface area contributed by atoms with Crippen molar-refractivity contribution in [2.45, 2.75) is 13.2 Å². The first kappa shape index (κ1) is 13.2. The zero-order chi connectivity index (χ0) is 14.8. The van der Waals surface area contributed by atoms with Gasteiger partial charge in [0, 0.05) is 11.1 Å². The van der Waals surface area contributed by atoms with Crippen molar-refractivity contribution in [2.24, 2.45) is 5.16 Å². The number of nitrogens with zero attached hydrogens (tertiary/aromatic N) is 1. The zero-order valence-electron chi connectivity index (χ0n) is 11.4. The molecule has 3 rings (SSSR count). The fraction of sp³-hybridized carbons (Fsp3) is 0.125. The van der Waals surface area contributed by atoms with E-state index >= 15 is 0 Å². The first-order valence-corrected chi connectivity index (χ1v) is 6.55. The second-order valence-corrected chi connectivity index (χ2v) is 4.81. The number of nitrogens with one attached hydrogen (secondary N) is 1. The van der Waals surface area contributed by atoms with Gasteiger partial charge in [-0.3, -0.25) is 0 Å². The maximum absolute atomic E-state index is 11.0. The van der Waals surface area contributed by atoms with Gasteiger partial charge in [-0.15, -0.1) is 0 Å². The van der Waals surface area contributed by atoms with Crippen LogP contribution in [0.3, 0.4) is 0 Å². The number of hydrogen-bond donors (Lipinski definition) is 2. The smallest absolute Gasteiger partial charge is 0.335 e. The summed E-state index contributed by atoms with van der Waals surface area (Å²) in [6.07, 6.45) is -0.352. The van der Waals surface area contributed by atoms with E-state index in [1.165, 1.54) is 0 Å². The van der Waals surface area contributed by atoms with Gasteiger partial charge in [-0.25, -0.2) is 4.79 Å². The van der Waals surface area contributed by atoms with E-state index in [2.05, 4.69) is 10.5 Å². The molecule has 5 heteroatoms. The molecule has 0 aromatic heterocycles. The minimum atomic E-state index is -0.966. The first-order valence-electron chi connectivity index (χ1n) is 6.55. The lowest BCUT2D eigenvalue weighted by Gasteiger charge is -2.12. The van der Waals surface area contributed by atoms with E-state index in [1.54, 1.807) is 24.3 Å². The summed E-state index contributed by atoms with van der Waals surface area (Å²) in [5.74, 6) is -0.432. The monoisotopic (exact) mass is 282 g/mol. The lowest BCUT2D eigenvalue weighted by molar-refractivity contribution is 0.0696. The summed E-state index contributed by atoms with van der Waals surface area (Å²) in [5.41, 5.74) is 3.01. The zero-order valence-corrected chi connectivity index (χ0v) is 11.4. The Labute approximate surface area is 121 Å². The van der Waals surface area contributed by atoms with Gasteiger partial charge in [-0.05, 0) is 24.6 Å². The number of oxime groups is 1. The Morgan fingerprint density at radius 1 is 1.24 bits per heavy atom. The Morgan fingerprint density at radius 3 is 2.81 bits per heavy atom. The number of hydrogen-bond acceptors (Lipinski definition) is 4. The molecule has 1 aliphatic heterocycles. The third-order valence-electron chi connectivity index (χ3n) is 3.37. The predicted molar refractivity (Wildman–Crippen MR) is 78.1 cm³/mol. The summed E-state index contributed by atoms with van der Waals surface area (Å²) >= 11 is 0. The third-order valence-corrected chi connectivity index (χ3v) is 3.37. The quantitative estimate of drug-likeness (QED) is 0.908. The molecule has 1 aliphatic rings. The average Bonchev–Trinajstić information content (AvgIpc) is 2.97. The molecule has 0 radical (unpaired) electrons. The minimum Gasteiger partial charge on any atom is -0.478 e. The van der Waals surface area contributed by atoms with Crippen LogP contribution in [0.2, 0.25) is 0 Å². The molecule has 2 N–H and O–H groups in total. The highest BCUT2D eigenvalue weighted by Gasteiger charge is 2.23. The molecule has 0 saturated carbocycles. The largest absolute Gasteiger partial charge is 0.478 e. The normalized spacial score (nSPS) is 16.8. The van der Waals surface area contributed by atoms with E-state index in [-0.39, 0.29) is 11.8 Å². The van der Waals surface area contributed by atoms with Gasteiger partial charge >= 0.3 is 5.97 Å². The molecule has 0 bridgehead atoms. The molecular formula is C16H14N2O3. The van der Waals surface area contributed by atoms with E-state index in [9.17, 15) is 4.79 Å². The van der Waals surface area contributed by atoms with E-state index in [0.717, 1.165) is 11.1 Å². The van der Waals surface area contributed by atoms with Crippen molar-refractivity contribution < 1.29 is 14.7 Å². The Kier molecular flexibility index (Phi) is 3.31. The number of amidine groups is 1. The first-order chi connectivity index (χ1) is 10.1. The van der Waals surface area contributed by atoms with Crippen LogP contribution in [-0.2, 0) is 4.84 Å².